The van der Waals surface area contributed by atoms with Crippen molar-refractivity contribution in [3.05, 3.63) is 35.9 Å². The minimum atomic E-state index is 0.646. The van der Waals surface area contributed by atoms with Crippen LogP contribution in [0.5, 0.6) is 0 Å². The number of rotatable bonds is 3. The third-order valence-electron chi connectivity index (χ3n) is 3.22. The van der Waals surface area contributed by atoms with Gasteiger partial charge in [-0.3, -0.25) is 0 Å². The van der Waals surface area contributed by atoms with Gasteiger partial charge in [-0.15, -0.1) is 0 Å². The first-order valence-electron chi connectivity index (χ1n) is 5.80. The van der Waals surface area contributed by atoms with Crippen LogP contribution in [0, 0.1) is 5.92 Å². The Bertz CT molecular complexity index is 284. The maximum Gasteiger partial charge on any atom is 0.0192 e. The van der Waals surface area contributed by atoms with E-state index in [-0.39, 0.29) is 0 Å². The Morgan fingerprint density at radius 1 is 1.27 bits per heavy atom. The largest absolute Gasteiger partial charge is 0.316 e. The third-order valence-corrected chi connectivity index (χ3v) is 3.22. The van der Waals surface area contributed by atoms with Crippen LogP contribution >= 0.6 is 0 Å². The van der Waals surface area contributed by atoms with Gasteiger partial charge >= 0.3 is 0 Å². The van der Waals surface area contributed by atoms with Gasteiger partial charge in [0.15, 0.2) is 0 Å². The molecule has 1 heterocycles. The molecule has 0 radical (unpaired) electrons. The smallest absolute Gasteiger partial charge is 0.0192 e. The Labute approximate surface area is 92.1 Å². The molecule has 82 valence electrons. The molecule has 2 atom stereocenters. The second-order valence-electron chi connectivity index (χ2n) is 4.44. The first-order chi connectivity index (χ1) is 7.38. The Kier molecular flexibility index (Phi) is 3.75. The van der Waals surface area contributed by atoms with Gasteiger partial charge in [0, 0.05) is 12.6 Å². The first kappa shape index (κ1) is 10.7. The van der Waals surface area contributed by atoms with Gasteiger partial charge in [-0.1, -0.05) is 30.3 Å². The molecule has 0 aromatic heterocycles. The van der Waals surface area contributed by atoms with Crippen LogP contribution in [0.1, 0.15) is 12.0 Å². The molecule has 1 aliphatic heterocycles. The van der Waals surface area contributed by atoms with Gasteiger partial charge in [0.05, 0.1) is 0 Å². The summed E-state index contributed by atoms with van der Waals surface area (Å²) in [5, 5.41) is 6.85. The zero-order valence-electron chi connectivity index (χ0n) is 9.37. The molecule has 0 spiro atoms. The molecule has 1 aliphatic rings. The molecule has 1 fully saturated rings. The summed E-state index contributed by atoms with van der Waals surface area (Å²) in [6.07, 6.45) is 2.49. The van der Waals surface area contributed by atoms with Gasteiger partial charge in [0.2, 0.25) is 0 Å². The summed E-state index contributed by atoms with van der Waals surface area (Å²) in [5.74, 6) is 0.776. The molecule has 15 heavy (non-hydrogen) atoms. The van der Waals surface area contributed by atoms with Crippen LogP contribution in [-0.4, -0.2) is 26.2 Å². The normalized spacial score (nSPS) is 26.5. The molecule has 2 heteroatoms. The van der Waals surface area contributed by atoms with E-state index in [1.165, 1.54) is 18.4 Å². The van der Waals surface area contributed by atoms with E-state index in [1.807, 2.05) is 0 Å². The molecule has 2 N–H and O–H groups in total. The number of nitrogens with one attached hydrogen (secondary N) is 2. The van der Waals surface area contributed by atoms with Crippen molar-refractivity contribution in [3.8, 4) is 0 Å². The van der Waals surface area contributed by atoms with Crippen LogP contribution in [-0.2, 0) is 6.42 Å². The molecule has 0 bridgehead atoms. The number of benzene rings is 1. The molecule has 1 saturated heterocycles. The van der Waals surface area contributed by atoms with Crippen molar-refractivity contribution in [1.29, 1.82) is 0 Å². The molecule has 1 aromatic carbocycles. The van der Waals surface area contributed by atoms with Gasteiger partial charge in [0.25, 0.3) is 0 Å². The predicted octanol–water partition coefficient (Wildman–Crippen LogP) is 1.43. The van der Waals surface area contributed by atoms with E-state index < -0.39 is 0 Å². The number of piperidine rings is 1. The average molecular weight is 204 g/mol. The quantitative estimate of drug-likeness (QED) is 0.778. The van der Waals surface area contributed by atoms with Gasteiger partial charge in [-0.25, -0.2) is 0 Å². The summed E-state index contributed by atoms with van der Waals surface area (Å²) in [7, 11) is 2.05. The molecule has 0 saturated carbocycles. The van der Waals surface area contributed by atoms with Crippen LogP contribution < -0.4 is 10.6 Å². The van der Waals surface area contributed by atoms with Crippen LogP contribution in [0.2, 0.25) is 0 Å². The van der Waals surface area contributed by atoms with Crippen molar-refractivity contribution in [3.63, 3.8) is 0 Å². The fourth-order valence-electron chi connectivity index (χ4n) is 2.35. The van der Waals surface area contributed by atoms with Crippen molar-refractivity contribution >= 4 is 0 Å². The summed E-state index contributed by atoms with van der Waals surface area (Å²) in [6, 6.07) is 11.4. The molecule has 0 aliphatic carbocycles. The number of hydrogen-bond donors (Lipinski definition) is 2. The number of hydrogen-bond acceptors (Lipinski definition) is 2. The van der Waals surface area contributed by atoms with Crippen molar-refractivity contribution in [2.75, 3.05) is 20.1 Å². The van der Waals surface area contributed by atoms with Crippen LogP contribution in [0.3, 0.4) is 0 Å². The van der Waals surface area contributed by atoms with Crippen molar-refractivity contribution < 1.29 is 0 Å². The molecule has 2 rings (SSSR count). The predicted molar refractivity (Wildman–Crippen MR) is 64.0 cm³/mol. The van der Waals surface area contributed by atoms with Crippen LogP contribution in [0.15, 0.2) is 30.3 Å². The highest BCUT2D eigenvalue weighted by Gasteiger charge is 2.20. The van der Waals surface area contributed by atoms with Gasteiger partial charge in [-0.2, -0.15) is 0 Å². The fourth-order valence-corrected chi connectivity index (χ4v) is 2.35. The summed E-state index contributed by atoms with van der Waals surface area (Å²) in [4.78, 5) is 0. The minimum absolute atomic E-state index is 0.646. The highest BCUT2D eigenvalue weighted by molar-refractivity contribution is 5.15. The topological polar surface area (TPSA) is 24.1 Å². The maximum absolute atomic E-state index is 3.49. The second-order valence-corrected chi connectivity index (χ2v) is 4.44. The van der Waals surface area contributed by atoms with Gasteiger partial charge < -0.3 is 10.6 Å². The Morgan fingerprint density at radius 3 is 2.80 bits per heavy atom. The van der Waals surface area contributed by atoms with E-state index in [9.17, 15) is 0 Å². The van der Waals surface area contributed by atoms with E-state index in [0.29, 0.717) is 6.04 Å². The summed E-state index contributed by atoms with van der Waals surface area (Å²) in [5.41, 5.74) is 1.46. The molecule has 2 nitrogen and oxygen atoms in total. The van der Waals surface area contributed by atoms with Crippen LogP contribution in [0.25, 0.3) is 0 Å². The fraction of sp³-hybridized carbons (Fsp3) is 0.538. The standard InChI is InChI=1S/C13H20N2/c1-14-13-8-12(9-15-10-13)7-11-5-3-2-4-6-11/h2-6,12-15H,7-10H2,1H3. The van der Waals surface area contributed by atoms with Crippen LogP contribution in [0.4, 0.5) is 0 Å². The van der Waals surface area contributed by atoms with E-state index >= 15 is 0 Å². The van der Waals surface area contributed by atoms with Crippen molar-refractivity contribution in [2.24, 2.45) is 5.92 Å². The Hall–Kier alpha value is -0.860. The molecule has 2 unspecified atom stereocenters. The lowest BCUT2D eigenvalue weighted by molar-refractivity contribution is 0.313. The first-order valence-corrected chi connectivity index (χ1v) is 5.80. The van der Waals surface area contributed by atoms with E-state index in [0.717, 1.165) is 19.0 Å². The van der Waals surface area contributed by atoms with E-state index in [2.05, 4.69) is 48.0 Å². The Balaban J connectivity index is 1.89. The molecule has 0 amide bonds. The van der Waals surface area contributed by atoms with Gasteiger partial charge in [-0.05, 0) is 37.9 Å². The lowest BCUT2D eigenvalue weighted by Crippen LogP contribution is -2.46. The van der Waals surface area contributed by atoms with Crippen molar-refractivity contribution in [2.45, 2.75) is 18.9 Å². The molecular formula is C13H20N2. The zero-order chi connectivity index (χ0) is 10.5. The second kappa shape index (κ2) is 5.29. The minimum Gasteiger partial charge on any atom is -0.316 e. The molecule has 1 aromatic rings. The maximum atomic E-state index is 3.49. The monoisotopic (exact) mass is 204 g/mol. The summed E-state index contributed by atoms with van der Waals surface area (Å²) >= 11 is 0. The average Bonchev–Trinajstić information content (AvgIpc) is 2.31. The summed E-state index contributed by atoms with van der Waals surface area (Å²) < 4.78 is 0. The molecular weight excluding hydrogens is 184 g/mol. The van der Waals surface area contributed by atoms with Gasteiger partial charge in [0.1, 0.15) is 0 Å². The zero-order valence-corrected chi connectivity index (χ0v) is 9.37. The highest BCUT2D eigenvalue weighted by Crippen LogP contribution is 2.16. The van der Waals surface area contributed by atoms with E-state index in [1.54, 1.807) is 0 Å². The lowest BCUT2D eigenvalue weighted by Gasteiger charge is -2.29. The third kappa shape index (κ3) is 3.05. The number of likely N-dealkylation sites (N-methyl/N-ethyl adjacent to an activating group) is 1. The summed E-state index contributed by atoms with van der Waals surface area (Å²) in [6.45, 7) is 2.27. The lowest BCUT2D eigenvalue weighted by atomic mass is 9.90. The van der Waals surface area contributed by atoms with Crippen molar-refractivity contribution in [1.82, 2.24) is 10.6 Å². The highest BCUT2D eigenvalue weighted by atomic mass is 15.0. The SMILES string of the molecule is CNC1CNCC(Cc2ccccc2)C1. The van der Waals surface area contributed by atoms with E-state index in [4.69, 9.17) is 0 Å². The Morgan fingerprint density at radius 2 is 2.07 bits per heavy atom.